The van der Waals surface area contributed by atoms with Gasteiger partial charge in [-0.1, -0.05) is 0 Å². The van der Waals surface area contributed by atoms with Crippen molar-refractivity contribution in [3.63, 3.8) is 0 Å². The zero-order valence-corrected chi connectivity index (χ0v) is 10.7. The van der Waals surface area contributed by atoms with Gasteiger partial charge in [0.05, 0.1) is 36.3 Å². The van der Waals surface area contributed by atoms with E-state index in [2.05, 4.69) is 21.8 Å². The lowest BCUT2D eigenvalue weighted by atomic mass is 10.2. The molecule has 5 heteroatoms. The van der Waals surface area contributed by atoms with E-state index in [-0.39, 0.29) is 6.10 Å². The quantitative estimate of drug-likeness (QED) is 0.816. The molecule has 0 aromatic carbocycles. The lowest BCUT2D eigenvalue weighted by Gasteiger charge is -2.38. The van der Waals surface area contributed by atoms with Crippen LogP contribution < -0.4 is 10.6 Å². The Morgan fingerprint density at radius 1 is 1.47 bits per heavy atom. The largest absolute Gasteiger partial charge is 0.373 e. The molecular weight excluding hydrogens is 216 g/mol. The SMILES string of the molecule is Cc1ncc(N2CC(CN)OCC2C)nc1C. The first-order valence-electron chi connectivity index (χ1n) is 6.00. The zero-order valence-electron chi connectivity index (χ0n) is 10.7. The molecule has 0 saturated carbocycles. The number of rotatable bonds is 2. The van der Waals surface area contributed by atoms with Gasteiger partial charge in [-0.2, -0.15) is 0 Å². The maximum atomic E-state index is 5.66. The summed E-state index contributed by atoms with van der Waals surface area (Å²) in [7, 11) is 0. The summed E-state index contributed by atoms with van der Waals surface area (Å²) in [6.45, 7) is 8.10. The van der Waals surface area contributed by atoms with Crippen LogP contribution in [0.4, 0.5) is 5.82 Å². The summed E-state index contributed by atoms with van der Waals surface area (Å²) in [5.74, 6) is 0.919. The minimum Gasteiger partial charge on any atom is -0.373 e. The highest BCUT2D eigenvalue weighted by molar-refractivity contribution is 5.39. The molecule has 1 fully saturated rings. The van der Waals surface area contributed by atoms with E-state index in [0.29, 0.717) is 19.2 Å². The van der Waals surface area contributed by atoms with E-state index in [4.69, 9.17) is 10.5 Å². The average Bonchev–Trinajstić information content (AvgIpc) is 2.33. The maximum absolute atomic E-state index is 5.66. The Kier molecular flexibility index (Phi) is 3.59. The van der Waals surface area contributed by atoms with Gasteiger partial charge < -0.3 is 15.4 Å². The number of hydrogen-bond acceptors (Lipinski definition) is 5. The molecule has 0 aliphatic carbocycles. The van der Waals surface area contributed by atoms with Crippen LogP contribution in [0.2, 0.25) is 0 Å². The van der Waals surface area contributed by atoms with Crippen molar-refractivity contribution in [2.45, 2.75) is 32.9 Å². The third kappa shape index (κ3) is 2.56. The fourth-order valence-corrected chi connectivity index (χ4v) is 1.95. The molecule has 2 unspecified atom stereocenters. The van der Waals surface area contributed by atoms with Gasteiger partial charge in [-0.05, 0) is 20.8 Å². The van der Waals surface area contributed by atoms with Crippen LogP contribution in [0.1, 0.15) is 18.3 Å². The maximum Gasteiger partial charge on any atom is 0.147 e. The molecule has 2 rings (SSSR count). The molecule has 2 heterocycles. The van der Waals surface area contributed by atoms with Crippen LogP contribution in [0.5, 0.6) is 0 Å². The number of hydrogen-bond donors (Lipinski definition) is 1. The third-order valence-corrected chi connectivity index (χ3v) is 3.24. The Balaban J connectivity index is 2.21. The van der Waals surface area contributed by atoms with Gasteiger partial charge in [0.15, 0.2) is 0 Å². The highest BCUT2D eigenvalue weighted by atomic mass is 16.5. The van der Waals surface area contributed by atoms with Crippen LogP contribution in [0.15, 0.2) is 6.20 Å². The van der Waals surface area contributed by atoms with Crippen LogP contribution in [0.25, 0.3) is 0 Å². The van der Waals surface area contributed by atoms with E-state index in [1.807, 2.05) is 20.0 Å². The standard InChI is InChI=1S/C12H20N4O/c1-8-7-17-11(4-13)6-16(8)12-5-14-9(2)10(3)15-12/h5,8,11H,4,6-7,13H2,1-3H3. The van der Waals surface area contributed by atoms with E-state index in [9.17, 15) is 0 Å². The molecule has 0 radical (unpaired) electrons. The molecule has 0 spiro atoms. The third-order valence-electron chi connectivity index (χ3n) is 3.24. The first-order valence-corrected chi connectivity index (χ1v) is 6.00. The summed E-state index contributed by atoms with van der Waals surface area (Å²) in [6, 6.07) is 0.314. The second-order valence-corrected chi connectivity index (χ2v) is 4.59. The predicted molar refractivity (Wildman–Crippen MR) is 67.1 cm³/mol. The van der Waals surface area contributed by atoms with Crippen molar-refractivity contribution in [2.75, 3.05) is 24.6 Å². The average molecular weight is 236 g/mol. The Bertz CT molecular complexity index is 396. The monoisotopic (exact) mass is 236 g/mol. The van der Waals surface area contributed by atoms with Crippen LogP contribution in [0.3, 0.4) is 0 Å². The van der Waals surface area contributed by atoms with Gasteiger partial charge in [0.25, 0.3) is 0 Å². The molecule has 0 bridgehead atoms. The lowest BCUT2D eigenvalue weighted by molar-refractivity contribution is 0.0279. The minimum atomic E-state index is 0.0922. The van der Waals surface area contributed by atoms with Gasteiger partial charge in [0, 0.05) is 13.1 Å². The van der Waals surface area contributed by atoms with Gasteiger partial charge in [0.2, 0.25) is 0 Å². The molecule has 94 valence electrons. The van der Waals surface area contributed by atoms with Gasteiger partial charge in [0.1, 0.15) is 5.82 Å². The molecule has 1 aromatic rings. The molecule has 1 aliphatic heterocycles. The fraction of sp³-hybridized carbons (Fsp3) is 0.667. The molecule has 1 aromatic heterocycles. The van der Waals surface area contributed by atoms with Crippen molar-refractivity contribution in [3.05, 3.63) is 17.6 Å². The first-order chi connectivity index (χ1) is 8.11. The van der Waals surface area contributed by atoms with Crippen LogP contribution >= 0.6 is 0 Å². The zero-order chi connectivity index (χ0) is 12.4. The molecule has 0 amide bonds. The molecular formula is C12H20N4O. The summed E-state index contributed by atoms with van der Waals surface area (Å²) in [5.41, 5.74) is 7.61. The Morgan fingerprint density at radius 3 is 2.88 bits per heavy atom. The van der Waals surface area contributed by atoms with Gasteiger partial charge in [-0.15, -0.1) is 0 Å². The topological polar surface area (TPSA) is 64.3 Å². The fourth-order valence-electron chi connectivity index (χ4n) is 1.95. The number of nitrogens with two attached hydrogens (primary N) is 1. The number of ether oxygens (including phenoxy) is 1. The van der Waals surface area contributed by atoms with Gasteiger partial charge in [-0.25, -0.2) is 4.98 Å². The summed E-state index contributed by atoms with van der Waals surface area (Å²) in [5, 5.41) is 0. The highest BCUT2D eigenvalue weighted by Crippen LogP contribution is 2.19. The van der Waals surface area contributed by atoms with Gasteiger partial charge in [-0.3, -0.25) is 4.98 Å². The summed E-state index contributed by atoms with van der Waals surface area (Å²) in [6.07, 6.45) is 1.92. The normalized spacial score (nSPS) is 25.1. The van der Waals surface area contributed by atoms with Gasteiger partial charge >= 0.3 is 0 Å². The van der Waals surface area contributed by atoms with Crippen molar-refractivity contribution in [1.29, 1.82) is 0 Å². The van der Waals surface area contributed by atoms with Crippen molar-refractivity contribution in [3.8, 4) is 0 Å². The summed E-state index contributed by atoms with van der Waals surface area (Å²) in [4.78, 5) is 11.2. The van der Waals surface area contributed by atoms with Crippen molar-refractivity contribution >= 4 is 5.82 Å². The highest BCUT2D eigenvalue weighted by Gasteiger charge is 2.26. The van der Waals surface area contributed by atoms with Crippen molar-refractivity contribution in [1.82, 2.24) is 9.97 Å². The smallest absolute Gasteiger partial charge is 0.147 e. The molecule has 2 N–H and O–H groups in total. The minimum absolute atomic E-state index is 0.0922. The Morgan fingerprint density at radius 2 is 2.24 bits per heavy atom. The van der Waals surface area contributed by atoms with Crippen molar-refractivity contribution in [2.24, 2.45) is 5.73 Å². The Labute approximate surface area is 102 Å². The molecule has 17 heavy (non-hydrogen) atoms. The van der Waals surface area contributed by atoms with E-state index in [1.54, 1.807) is 0 Å². The Hall–Kier alpha value is -1.20. The van der Waals surface area contributed by atoms with E-state index < -0.39 is 0 Å². The molecule has 2 atom stereocenters. The predicted octanol–water partition coefficient (Wildman–Crippen LogP) is 0.646. The molecule has 5 nitrogen and oxygen atoms in total. The van der Waals surface area contributed by atoms with E-state index in [1.165, 1.54) is 0 Å². The first kappa shape index (κ1) is 12.3. The summed E-state index contributed by atoms with van der Waals surface area (Å²) < 4.78 is 5.63. The van der Waals surface area contributed by atoms with E-state index in [0.717, 1.165) is 23.8 Å². The number of anilines is 1. The number of aromatic nitrogens is 2. The second kappa shape index (κ2) is 4.98. The lowest BCUT2D eigenvalue weighted by Crippen LogP contribution is -2.51. The number of nitrogens with zero attached hydrogens (tertiary/aromatic N) is 3. The number of aryl methyl sites for hydroxylation is 2. The summed E-state index contributed by atoms with van der Waals surface area (Å²) >= 11 is 0. The van der Waals surface area contributed by atoms with Crippen LogP contribution in [-0.4, -0.2) is 41.8 Å². The van der Waals surface area contributed by atoms with Crippen LogP contribution in [-0.2, 0) is 4.74 Å². The van der Waals surface area contributed by atoms with E-state index >= 15 is 0 Å². The number of morpholine rings is 1. The van der Waals surface area contributed by atoms with Crippen LogP contribution in [0, 0.1) is 13.8 Å². The molecule has 1 aliphatic rings. The molecule has 1 saturated heterocycles. The second-order valence-electron chi connectivity index (χ2n) is 4.59. The van der Waals surface area contributed by atoms with Crippen molar-refractivity contribution < 1.29 is 4.74 Å².